The average Bonchev–Trinajstić information content (AvgIpc) is 2.12. The first-order valence-corrected chi connectivity index (χ1v) is 3.95. The summed E-state index contributed by atoms with van der Waals surface area (Å²) in [4.78, 5) is 11.2. The number of ketones is 1. The van der Waals surface area contributed by atoms with Crippen LogP contribution in [0.1, 0.15) is 16.8 Å². The summed E-state index contributed by atoms with van der Waals surface area (Å²) in [7, 11) is 0. The molecule has 1 aromatic carbocycles. The van der Waals surface area contributed by atoms with Gasteiger partial charge in [0.15, 0.2) is 17.4 Å². The van der Waals surface area contributed by atoms with E-state index in [2.05, 4.69) is 5.32 Å². The summed E-state index contributed by atoms with van der Waals surface area (Å²) in [6.07, 6.45) is 0.216. The van der Waals surface area contributed by atoms with Crippen LogP contribution in [0.25, 0.3) is 0 Å². The molecule has 0 spiro atoms. The topological polar surface area (TPSA) is 29.1 Å². The van der Waals surface area contributed by atoms with Crippen LogP contribution >= 0.6 is 0 Å². The molecule has 0 radical (unpaired) electrons. The minimum Gasteiger partial charge on any atom is -0.384 e. The van der Waals surface area contributed by atoms with Crippen molar-refractivity contribution in [2.75, 3.05) is 11.9 Å². The van der Waals surface area contributed by atoms with E-state index in [4.69, 9.17) is 0 Å². The zero-order chi connectivity index (χ0) is 9.42. The van der Waals surface area contributed by atoms with E-state index in [0.717, 1.165) is 6.07 Å². The largest absolute Gasteiger partial charge is 0.384 e. The van der Waals surface area contributed by atoms with Gasteiger partial charge in [0.1, 0.15) is 0 Å². The minimum atomic E-state index is -1.05. The maximum absolute atomic E-state index is 13.1. The van der Waals surface area contributed by atoms with Crippen molar-refractivity contribution in [3.63, 3.8) is 0 Å². The highest BCUT2D eigenvalue weighted by Gasteiger charge is 2.22. The van der Waals surface area contributed by atoms with Gasteiger partial charge in [-0.15, -0.1) is 0 Å². The van der Waals surface area contributed by atoms with Crippen LogP contribution in [0, 0.1) is 11.6 Å². The van der Waals surface area contributed by atoms with Gasteiger partial charge in [0.25, 0.3) is 0 Å². The second-order valence-electron chi connectivity index (χ2n) is 2.88. The molecular weight excluding hydrogens is 176 g/mol. The molecule has 1 heterocycles. The van der Waals surface area contributed by atoms with E-state index in [1.54, 1.807) is 0 Å². The molecule has 68 valence electrons. The summed E-state index contributed by atoms with van der Waals surface area (Å²) in [5.41, 5.74) is 0.237. The maximum Gasteiger partial charge on any atom is 0.171 e. The number of anilines is 1. The zero-order valence-corrected chi connectivity index (χ0v) is 6.73. The van der Waals surface area contributed by atoms with Crippen LogP contribution in [-0.2, 0) is 0 Å². The number of halogens is 2. The first kappa shape index (κ1) is 8.16. The number of hydrogen-bond acceptors (Lipinski definition) is 2. The van der Waals surface area contributed by atoms with E-state index in [9.17, 15) is 13.6 Å². The van der Waals surface area contributed by atoms with Gasteiger partial charge in [0.2, 0.25) is 0 Å². The molecule has 2 nitrogen and oxygen atoms in total. The first-order chi connectivity index (χ1) is 6.20. The molecule has 1 N–H and O–H groups in total. The van der Waals surface area contributed by atoms with Crippen molar-refractivity contribution in [3.05, 3.63) is 29.3 Å². The van der Waals surface area contributed by atoms with Crippen LogP contribution < -0.4 is 5.32 Å². The number of Topliss-reactive ketones (excluding diaryl/α,β-unsaturated/α-hetero) is 1. The van der Waals surface area contributed by atoms with Crippen molar-refractivity contribution in [2.24, 2.45) is 0 Å². The normalized spacial score (nSPS) is 15.1. The van der Waals surface area contributed by atoms with Gasteiger partial charge >= 0.3 is 0 Å². The summed E-state index contributed by atoms with van der Waals surface area (Å²) in [5, 5.41) is 2.83. The van der Waals surface area contributed by atoms with Gasteiger partial charge in [0, 0.05) is 18.7 Å². The quantitative estimate of drug-likeness (QED) is 0.666. The smallest absolute Gasteiger partial charge is 0.171 e. The summed E-state index contributed by atoms with van der Waals surface area (Å²) < 4.78 is 25.8. The molecule has 1 aliphatic rings. The molecule has 0 atom stereocenters. The third-order valence-electron chi connectivity index (χ3n) is 2.04. The molecular formula is C9H7F2NO. The van der Waals surface area contributed by atoms with Crippen LogP contribution in [0.3, 0.4) is 0 Å². The Kier molecular flexibility index (Phi) is 1.76. The highest BCUT2D eigenvalue weighted by molar-refractivity contribution is 6.03. The molecule has 1 aliphatic heterocycles. The van der Waals surface area contributed by atoms with Crippen molar-refractivity contribution in [2.45, 2.75) is 6.42 Å². The Morgan fingerprint density at radius 2 is 2.08 bits per heavy atom. The fourth-order valence-electron chi connectivity index (χ4n) is 1.41. The molecule has 0 saturated carbocycles. The lowest BCUT2D eigenvalue weighted by Crippen LogP contribution is -2.19. The molecule has 0 unspecified atom stereocenters. The molecule has 0 saturated heterocycles. The highest BCUT2D eigenvalue weighted by Crippen LogP contribution is 2.25. The highest BCUT2D eigenvalue weighted by atomic mass is 19.2. The molecule has 0 amide bonds. The lowest BCUT2D eigenvalue weighted by atomic mass is 10.0. The number of benzene rings is 1. The Hall–Kier alpha value is -1.45. The Bertz CT molecular complexity index is 376. The molecule has 0 fully saturated rings. The van der Waals surface area contributed by atoms with Crippen LogP contribution in [0.5, 0.6) is 0 Å². The molecule has 4 heteroatoms. The summed E-state index contributed by atoms with van der Waals surface area (Å²) in [6.45, 7) is 0.483. The van der Waals surface area contributed by atoms with Gasteiger partial charge in [-0.25, -0.2) is 8.78 Å². The van der Waals surface area contributed by atoms with Gasteiger partial charge in [-0.3, -0.25) is 4.79 Å². The van der Waals surface area contributed by atoms with Crippen LogP contribution in [0.15, 0.2) is 12.1 Å². The van der Waals surface area contributed by atoms with Gasteiger partial charge in [0.05, 0.1) is 5.56 Å². The van der Waals surface area contributed by atoms with Crippen LogP contribution in [-0.4, -0.2) is 12.3 Å². The number of carbonyl (C=O) groups is 1. The van der Waals surface area contributed by atoms with E-state index >= 15 is 0 Å². The van der Waals surface area contributed by atoms with Crippen molar-refractivity contribution < 1.29 is 13.6 Å². The van der Waals surface area contributed by atoms with Gasteiger partial charge in [-0.2, -0.15) is 0 Å². The van der Waals surface area contributed by atoms with Crippen molar-refractivity contribution in [1.29, 1.82) is 0 Å². The fraction of sp³-hybridized carbons (Fsp3) is 0.222. The zero-order valence-electron chi connectivity index (χ0n) is 6.73. The lowest BCUT2D eigenvalue weighted by molar-refractivity contribution is 0.0978. The predicted octanol–water partition coefficient (Wildman–Crippen LogP) is 1.96. The minimum absolute atomic E-state index is 0.147. The standard InChI is InChI=1S/C9H7F2NO/c10-5-1-2-6-8(9(5)11)7(13)3-4-12-6/h1-2,12H,3-4H2. The summed E-state index contributed by atoms with van der Waals surface area (Å²) >= 11 is 0. The number of hydrogen-bond donors (Lipinski definition) is 1. The second kappa shape index (κ2) is 2.80. The van der Waals surface area contributed by atoms with E-state index in [1.165, 1.54) is 6.07 Å². The van der Waals surface area contributed by atoms with Crippen molar-refractivity contribution >= 4 is 11.5 Å². The number of nitrogens with one attached hydrogen (secondary N) is 1. The van der Waals surface area contributed by atoms with Gasteiger partial charge < -0.3 is 5.32 Å². The van der Waals surface area contributed by atoms with E-state index in [1.807, 2.05) is 0 Å². The molecule has 2 rings (SSSR count). The fourth-order valence-corrected chi connectivity index (χ4v) is 1.41. The van der Waals surface area contributed by atoms with Crippen LogP contribution in [0.4, 0.5) is 14.5 Å². The van der Waals surface area contributed by atoms with Crippen molar-refractivity contribution in [3.8, 4) is 0 Å². The third kappa shape index (κ3) is 1.18. The lowest BCUT2D eigenvalue weighted by Gasteiger charge is -2.17. The Morgan fingerprint density at radius 1 is 1.31 bits per heavy atom. The Morgan fingerprint density at radius 3 is 2.85 bits per heavy atom. The second-order valence-corrected chi connectivity index (χ2v) is 2.88. The van der Waals surface area contributed by atoms with E-state index in [-0.39, 0.29) is 17.8 Å². The van der Waals surface area contributed by atoms with E-state index < -0.39 is 11.6 Å². The average molecular weight is 183 g/mol. The number of rotatable bonds is 0. The Labute approximate surface area is 73.6 Å². The summed E-state index contributed by atoms with van der Waals surface area (Å²) in [6, 6.07) is 2.39. The van der Waals surface area contributed by atoms with Crippen molar-refractivity contribution in [1.82, 2.24) is 0 Å². The number of carbonyl (C=O) groups excluding carboxylic acids is 1. The molecule has 0 bridgehead atoms. The predicted molar refractivity (Wildman–Crippen MR) is 43.8 cm³/mol. The molecule has 0 aromatic heterocycles. The number of fused-ring (bicyclic) bond motifs is 1. The third-order valence-corrected chi connectivity index (χ3v) is 2.04. The van der Waals surface area contributed by atoms with E-state index in [0.29, 0.717) is 12.2 Å². The monoisotopic (exact) mass is 183 g/mol. The Balaban J connectivity index is 2.65. The first-order valence-electron chi connectivity index (χ1n) is 3.95. The molecule has 13 heavy (non-hydrogen) atoms. The summed E-state index contributed by atoms with van der Waals surface area (Å²) in [5.74, 6) is -2.36. The van der Waals surface area contributed by atoms with Crippen LogP contribution in [0.2, 0.25) is 0 Å². The van der Waals surface area contributed by atoms with Gasteiger partial charge in [-0.1, -0.05) is 0 Å². The molecule has 1 aromatic rings. The SMILES string of the molecule is O=C1CCNc2ccc(F)c(F)c21. The molecule has 0 aliphatic carbocycles. The maximum atomic E-state index is 13.1. The van der Waals surface area contributed by atoms with Gasteiger partial charge in [-0.05, 0) is 12.1 Å².